The molecule has 0 bridgehead atoms. The van der Waals surface area contributed by atoms with Crippen molar-refractivity contribution in [3.05, 3.63) is 33.6 Å². The quantitative estimate of drug-likeness (QED) is 0.499. The van der Waals surface area contributed by atoms with Crippen molar-refractivity contribution in [2.75, 3.05) is 25.4 Å². The number of benzene rings is 1. The van der Waals surface area contributed by atoms with E-state index in [4.69, 9.17) is 10.5 Å². The Kier molecular flexibility index (Phi) is 3.84. The summed E-state index contributed by atoms with van der Waals surface area (Å²) in [4.78, 5) is 23.9. The van der Waals surface area contributed by atoms with Crippen LogP contribution in [0.25, 0.3) is 0 Å². The lowest BCUT2D eigenvalue weighted by Crippen LogP contribution is -2.44. The molecular weight excluding hydrogens is 269 g/mol. The molecule has 1 unspecified atom stereocenters. The molecule has 1 heterocycles. The van der Waals surface area contributed by atoms with Crippen LogP contribution in [-0.4, -0.2) is 41.5 Å². The zero-order valence-electron chi connectivity index (χ0n) is 10.8. The molecule has 0 aromatic heterocycles. The molecule has 8 heteroatoms. The Morgan fingerprint density at radius 2 is 2.30 bits per heavy atom. The molecule has 1 aliphatic heterocycles. The average Bonchev–Trinajstić information content (AvgIpc) is 2.40. The number of nitrogens with zero attached hydrogens (tertiary/aromatic N) is 2. The molecule has 1 fully saturated rings. The maximum atomic E-state index is 13.3. The zero-order valence-corrected chi connectivity index (χ0v) is 10.8. The molecule has 0 radical (unpaired) electrons. The van der Waals surface area contributed by atoms with Gasteiger partial charge in [-0.3, -0.25) is 14.9 Å². The molecule has 20 heavy (non-hydrogen) atoms. The van der Waals surface area contributed by atoms with Crippen LogP contribution in [-0.2, 0) is 4.74 Å². The number of nitrogen functional groups attached to an aromatic ring is 1. The lowest BCUT2D eigenvalue weighted by molar-refractivity contribution is -0.385. The minimum atomic E-state index is -0.913. The fourth-order valence-electron chi connectivity index (χ4n) is 2.08. The molecule has 1 atom stereocenters. The van der Waals surface area contributed by atoms with Crippen molar-refractivity contribution in [2.45, 2.75) is 13.0 Å². The number of halogens is 1. The Morgan fingerprint density at radius 1 is 1.60 bits per heavy atom. The number of nitrogens with two attached hydrogens (primary N) is 1. The standard InChI is InChI=1S/C12H14FN3O4/c1-7-6-15(2-3-20-7)12(17)8-4-10(14)9(13)5-11(8)16(18)19/h4-5,7H,2-3,6,14H2,1H3. The highest BCUT2D eigenvalue weighted by molar-refractivity contribution is 5.99. The summed E-state index contributed by atoms with van der Waals surface area (Å²) in [7, 11) is 0. The summed E-state index contributed by atoms with van der Waals surface area (Å²) in [5.41, 5.74) is 4.31. The van der Waals surface area contributed by atoms with E-state index in [1.807, 2.05) is 0 Å². The predicted octanol–water partition coefficient (Wildman–Crippen LogP) is 1.18. The van der Waals surface area contributed by atoms with Crippen molar-refractivity contribution in [3.8, 4) is 0 Å². The molecule has 1 aromatic rings. The number of carbonyl (C=O) groups is 1. The lowest BCUT2D eigenvalue weighted by Gasteiger charge is -2.31. The summed E-state index contributed by atoms with van der Waals surface area (Å²) in [6, 6.07) is 1.68. The van der Waals surface area contributed by atoms with Crippen LogP contribution < -0.4 is 5.73 Å². The Hall–Kier alpha value is -2.22. The number of carbonyl (C=O) groups excluding carboxylic acids is 1. The van der Waals surface area contributed by atoms with Gasteiger partial charge in [-0.05, 0) is 13.0 Å². The number of amides is 1. The third kappa shape index (κ3) is 2.69. The van der Waals surface area contributed by atoms with Gasteiger partial charge in [0.05, 0.1) is 29.4 Å². The number of ether oxygens (including phenoxy) is 1. The second-order valence-electron chi connectivity index (χ2n) is 4.58. The molecule has 1 saturated heterocycles. The maximum absolute atomic E-state index is 13.3. The highest BCUT2D eigenvalue weighted by Gasteiger charge is 2.29. The van der Waals surface area contributed by atoms with Crippen molar-refractivity contribution in [3.63, 3.8) is 0 Å². The van der Waals surface area contributed by atoms with E-state index < -0.39 is 22.3 Å². The zero-order chi connectivity index (χ0) is 14.9. The van der Waals surface area contributed by atoms with Crippen molar-refractivity contribution >= 4 is 17.3 Å². The van der Waals surface area contributed by atoms with E-state index in [9.17, 15) is 19.3 Å². The first-order chi connectivity index (χ1) is 9.40. The van der Waals surface area contributed by atoms with Crippen molar-refractivity contribution in [1.29, 1.82) is 0 Å². The number of nitro groups is 1. The average molecular weight is 283 g/mol. The maximum Gasteiger partial charge on any atom is 0.285 e. The summed E-state index contributed by atoms with van der Waals surface area (Å²) in [6.45, 7) is 2.81. The van der Waals surface area contributed by atoms with Gasteiger partial charge in [0.2, 0.25) is 0 Å². The van der Waals surface area contributed by atoms with Crippen LogP contribution >= 0.6 is 0 Å². The first-order valence-corrected chi connectivity index (χ1v) is 6.04. The van der Waals surface area contributed by atoms with E-state index in [-0.39, 0.29) is 17.4 Å². The third-order valence-corrected chi connectivity index (χ3v) is 3.07. The van der Waals surface area contributed by atoms with Crippen LogP contribution in [0.1, 0.15) is 17.3 Å². The van der Waals surface area contributed by atoms with Crippen LogP contribution in [0.4, 0.5) is 15.8 Å². The molecule has 7 nitrogen and oxygen atoms in total. The second-order valence-corrected chi connectivity index (χ2v) is 4.58. The summed E-state index contributed by atoms with van der Waals surface area (Å²) >= 11 is 0. The number of hydrogen-bond acceptors (Lipinski definition) is 5. The fourth-order valence-corrected chi connectivity index (χ4v) is 2.08. The topological polar surface area (TPSA) is 98.7 Å². The van der Waals surface area contributed by atoms with Crippen LogP contribution in [0.15, 0.2) is 12.1 Å². The van der Waals surface area contributed by atoms with Gasteiger partial charge in [-0.2, -0.15) is 0 Å². The Balaban J connectivity index is 2.38. The largest absolute Gasteiger partial charge is 0.396 e. The number of rotatable bonds is 2. The first kappa shape index (κ1) is 14.2. The van der Waals surface area contributed by atoms with E-state index in [1.165, 1.54) is 4.90 Å². The SMILES string of the molecule is CC1CN(C(=O)c2cc(N)c(F)cc2[N+](=O)[O-])CCO1. The minimum absolute atomic E-state index is 0.149. The Bertz CT molecular complexity index is 564. The summed E-state index contributed by atoms with van der Waals surface area (Å²) < 4.78 is 18.6. The van der Waals surface area contributed by atoms with Crippen molar-refractivity contribution < 1.29 is 18.8 Å². The molecule has 0 aliphatic carbocycles. The summed E-state index contributed by atoms with van der Waals surface area (Å²) in [5, 5.41) is 10.9. The van der Waals surface area contributed by atoms with Gasteiger partial charge in [0.25, 0.3) is 11.6 Å². The van der Waals surface area contributed by atoms with Gasteiger partial charge >= 0.3 is 0 Å². The van der Waals surface area contributed by atoms with E-state index in [2.05, 4.69) is 0 Å². The van der Waals surface area contributed by atoms with E-state index in [0.29, 0.717) is 25.8 Å². The van der Waals surface area contributed by atoms with Gasteiger partial charge in [0, 0.05) is 13.1 Å². The van der Waals surface area contributed by atoms with Gasteiger partial charge in [0.1, 0.15) is 5.56 Å². The highest BCUT2D eigenvalue weighted by atomic mass is 19.1. The smallest absolute Gasteiger partial charge is 0.285 e. The molecule has 1 amide bonds. The van der Waals surface area contributed by atoms with Crippen LogP contribution in [0.3, 0.4) is 0 Å². The van der Waals surface area contributed by atoms with Crippen molar-refractivity contribution in [1.82, 2.24) is 4.90 Å². The molecule has 0 spiro atoms. The Morgan fingerprint density at radius 3 is 2.90 bits per heavy atom. The minimum Gasteiger partial charge on any atom is -0.396 e. The number of anilines is 1. The summed E-state index contributed by atoms with van der Waals surface area (Å²) in [6.07, 6.45) is -0.149. The first-order valence-electron chi connectivity index (χ1n) is 6.04. The molecule has 108 valence electrons. The molecular formula is C12H14FN3O4. The van der Waals surface area contributed by atoms with E-state index >= 15 is 0 Å². The monoisotopic (exact) mass is 283 g/mol. The fraction of sp³-hybridized carbons (Fsp3) is 0.417. The van der Waals surface area contributed by atoms with E-state index in [1.54, 1.807) is 6.92 Å². The molecule has 2 rings (SSSR count). The van der Waals surface area contributed by atoms with E-state index in [0.717, 1.165) is 6.07 Å². The highest BCUT2D eigenvalue weighted by Crippen LogP contribution is 2.26. The predicted molar refractivity (Wildman–Crippen MR) is 68.8 cm³/mol. The van der Waals surface area contributed by atoms with Crippen LogP contribution in [0.5, 0.6) is 0 Å². The molecule has 0 saturated carbocycles. The number of nitro benzene ring substituents is 1. The summed E-state index contributed by atoms with van der Waals surface area (Å²) in [5.74, 6) is -1.46. The molecule has 1 aromatic carbocycles. The van der Waals surface area contributed by atoms with Crippen molar-refractivity contribution in [2.24, 2.45) is 0 Å². The molecule has 2 N–H and O–H groups in total. The number of hydrogen-bond donors (Lipinski definition) is 1. The van der Waals surface area contributed by atoms with Gasteiger partial charge in [0.15, 0.2) is 5.82 Å². The lowest BCUT2D eigenvalue weighted by atomic mass is 10.1. The number of morpholine rings is 1. The van der Waals surface area contributed by atoms with Gasteiger partial charge in [-0.15, -0.1) is 0 Å². The second kappa shape index (κ2) is 5.41. The Labute approximate surface area is 114 Å². The van der Waals surface area contributed by atoms with Gasteiger partial charge in [-0.1, -0.05) is 0 Å². The van der Waals surface area contributed by atoms with Gasteiger partial charge < -0.3 is 15.4 Å². The normalized spacial score (nSPS) is 18.9. The van der Waals surface area contributed by atoms with Gasteiger partial charge in [-0.25, -0.2) is 4.39 Å². The van der Waals surface area contributed by atoms with Crippen LogP contribution in [0, 0.1) is 15.9 Å². The van der Waals surface area contributed by atoms with Crippen LogP contribution in [0.2, 0.25) is 0 Å². The third-order valence-electron chi connectivity index (χ3n) is 3.07. The molecule has 1 aliphatic rings.